The molecule has 6 heteroatoms. The molecule has 3 N–H and O–H groups in total. The highest BCUT2D eigenvalue weighted by Crippen LogP contribution is 2.23. The van der Waals surface area contributed by atoms with Crippen LogP contribution in [0.1, 0.15) is 42.2 Å². The van der Waals surface area contributed by atoms with E-state index in [2.05, 4.69) is 10.6 Å². The maximum atomic E-state index is 11.7. The number of aliphatic hydroxyl groups is 1. The van der Waals surface area contributed by atoms with Gasteiger partial charge in [0.1, 0.15) is 6.10 Å². The first kappa shape index (κ1) is 15.0. The lowest BCUT2D eigenvalue weighted by atomic mass is 10.2. The Labute approximate surface area is 122 Å². The molecule has 110 valence electrons. The summed E-state index contributed by atoms with van der Waals surface area (Å²) < 4.78 is 0. The minimum Gasteiger partial charge on any atom is -0.386 e. The Morgan fingerprint density at radius 3 is 2.70 bits per heavy atom. The van der Waals surface area contributed by atoms with Crippen LogP contribution < -0.4 is 10.6 Å². The molecule has 1 unspecified atom stereocenters. The molecule has 1 saturated carbocycles. The monoisotopic (exact) mass is 296 g/mol. The van der Waals surface area contributed by atoms with Gasteiger partial charge in [-0.05, 0) is 36.8 Å². The Morgan fingerprint density at radius 2 is 2.10 bits per heavy atom. The molecule has 0 spiro atoms. The van der Waals surface area contributed by atoms with Gasteiger partial charge in [0.2, 0.25) is 0 Å². The normalized spacial score (nSPS) is 16.9. The highest BCUT2D eigenvalue weighted by molar-refractivity contribution is 7.10. The van der Waals surface area contributed by atoms with Crippen LogP contribution in [0.25, 0.3) is 0 Å². The van der Waals surface area contributed by atoms with Crippen LogP contribution in [0.3, 0.4) is 0 Å². The Morgan fingerprint density at radius 1 is 1.40 bits per heavy atom. The Bertz CT molecular complexity index is 481. The number of rotatable bonds is 4. The number of hydrogen-bond acceptors (Lipinski definition) is 4. The fourth-order valence-electron chi connectivity index (χ4n) is 2.41. The molecule has 20 heavy (non-hydrogen) atoms. The van der Waals surface area contributed by atoms with Crippen LogP contribution in [0.4, 0.5) is 0 Å². The molecule has 1 aromatic rings. The van der Waals surface area contributed by atoms with Crippen molar-refractivity contribution in [2.24, 2.45) is 0 Å². The summed E-state index contributed by atoms with van der Waals surface area (Å²) >= 11 is 1.44. The third-order valence-electron chi connectivity index (χ3n) is 3.56. The van der Waals surface area contributed by atoms with E-state index in [1.165, 1.54) is 11.3 Å². The van der Waals surface area contributed by atoms with E-state index in [-0.39, 0.29) is 12.6 Å². The number of nitrogens with one attached hydrogen (secondary N) is 2. The summed E-state index contributed by atoms with van der Waals surface area (Å²) in [5, 5.41) is 17.1. The molecule has 0 bridgehead atoms. The molecule has 2 amide bonds. The molecule has 0 aliphatic heterocycles. The second-order valence-electron chi connectivity index (χ2n) is 5.15. The molecule has 0 radical (unpaired) electrons. The van der Waals surface area contributed by atoms with Crippen molar-refractivity contribution in [3.8, 4) is 0 Å². The topological polar surface area (TPSA) is 78.4 Å². The van der Waals surface area contributed by atoms with E-state index in [9.17, 15) is 14.7 Å². The maximum Gasteiger partial charge on any atom is 0.309 e. The summed E-state index contributed by atoms with van der Waals surface area (Å²) in [6.45, 7) is 1.96. The largest absolute Gasteiger partial charge is 0.386 e. The number of carbonyl (C=O) groups excluding carboxylic acids is 2. The van der Waals surface area contributed by atoms with Gasteiger partial charge in [0.15, 0.2) is 0 Å². The first-order chi connectivity index (χ1) is 9.58. The Kier molecular flexibility index (Phi) is 5.14. The van der Waals surface area contributed by atoms with Gasteiger partial charge in [0.25, 0.3) is 0 Å². The van der Waals surface area contributed by atoms with Crippen LogP contribution in [-0.2, 0) is 9.59 Å². The summed E-state index contributed by atoms with van der Waals surface area (Å²) in [5.41, 5.74) is 0.993. The lowest BCUT2D eigenvalue weighted by molar-refractivity contribution is -0.139. The van der Waals surface area contributed by atoms with Gasteiger partial charge < -0.3 is 15.7 Å². The van der Waals surface area contributed by atoms with E-state index >= 15 is 0 Å². The van der Waals surface area contributed by atoms with Crippen LogP contribution in [0, 0.1) is 6.92 Å². The molecule has 5 nitrogen and oxygen atoms in total. The van der Waals surface area contributed by atoms with Gasteiger partial charge in [-0.25, -0.2) is 0 Å². The second-order valence-corrected chi connectivity index (χ2v) is 6.10. The number of aliphatic hydroxyl groups excluding tert-OH is 1. The molecule has 1 aliphatic carbocycles. The number of amides is 2. The molecule has 0 saturated heterocycles. The average molecular weight is 296 g/mol. The molecule has 1 aromatic heterocycles. The Hall–Kier alpha value is -1.40. The van der Waals surface area contributed by atoms with Crippen molar-refractivity contribution in [2.45, 2.75) is 44.8 Å². The first-order valence-electron chi connectivity index (χ1n) is 6.88. The first-order valence-corrected chi connectivity index (χ1v) is 7.76. The van der Waals surface area contributed by atoms with E-state index in [0.717, 1.165) is 36.1 Å². The summed E-state index contributed by atoms with van der Waals surface area (Å²) in [7, 11) is 0. The van der Waals surface area contributed by atoms with Crippen molar-refractivity contribution >= 4 is 23.2 Å². The standard InChI is InChI=1S/C14H20N2O3S/c1-9-6-7-20-12(9)11(17)8-15-13(18)14(19)16-10-4-2-3-5-10/h6-7,10-11,17H,2-5,8H2,1H3,(H,15,18)(H,16,19). The lowest BCUT2D eigenvalue weighted by Crippen LogP contribution is -2.44. The van der Waals surface area contributed by atoms with Gasteiger partial charge in [0, 0.05) is 17.5 Å². The predicted octanol–water partition coefficient (Wildman–Crippen LogP) is 1.26. The van der Waals surface area contributed by atoms with Crippen LogP contribution in [0.15, 0.2) is 11.4 Å². The number of carbonyl (C=O) groups is 2. The highest BCUT2D eigenvalue weighted by Gasteiger charge is 2.22. The van der Waals surface area contributed by atoms with E-state index in [0.29, 0.717) is 0 Å². The van der Waals surface area contributed by atoms with Crippen molar-refractivity contribution in [3.63, 3.8) is 0 Å². The van der Waals surface area contributed by atoms with Crippen molar-refractivity contribution in [2.75, 3.05) is 6.54 Å². The number of hydrogen-bond donors (Lipinski definition) is 3. The zero-order chi connectivity index (χ0) is 14.5. The van der Waals surface area contributed by atoms with Gasteiger partial charge in [-0.3, -0.25) is 9.59 Å². The van der Waals surface area contributed by atoms with Crippen LogP contribution >= 0.6 is 11.3 Å². The molecule has 1 atom stereocenters. The number of thiophene rings is 1. The minimum absolute atomic E-state index is 0.0538. The van der Waals surface area contributed by atoms with Crippen LogP contribution in [-0.4, -0.2) is 29.5 Å². The van der Waals surface area contributed by atoms with E-state index < -0.39 is 17.9 Å². The summed E-state index contributed by atoms with van der Waals surface area (Å²) in [5.74, 6) is -1.28. The van der Waals surface area contributed by atoms with Gasteiger partial charge in [-0.1, -0.05) is 12.8 Å². The Balaban J connectivity index is 1.76. The SMILES string of the molecule is Cc1ccsc1C(O)CNC(=O)C(=O)NC1CCCC1. The van der Waals surface area contributed by atoms with Crippen molar-refractivity contribution in [1.82, 2.24) is 10.6 Å². The fraction of sp³-hybridized carbons (Fsp3) is 0.571. The average Bonchev–Trinajstić information content (AvgIpc) is 3.06. The third kappa shape index (κ3) is 3.80. The third-order valence-corrected chi connectivity index (χ3v) is 4.68. The van der Waals surface area contributed by atoms with Crippen molar-refractivity contribution in [1.29, 1.82) is 0 Å². The molecule has 1 heterocycles. The van der Waals surface area contributed by atoms with Crippen LogP contribution in [0.2, 0.25) is 0 Å². The molecule has 0 aromatic carbocycles. The van der Waals surface area contributed by atoms with Gasteiger partial charge in [-0.2, -0.15) is 0 Å². The molecule has 2 rings (SSSR count). The van der Waals surface area contributed by atoms with Crippen molar-refractivity contribution in [3.05, 3.63) is 21.9 Å². The maximum absolute atomic E-state index is 11.7. The summed E-state index contributed by atoms with van der Waals surface area (Å²) in [6.07, 6.45) is 3.32. The molecule has 1 fully saturated rings. The fourth-order valence-corrected chi connectivity index (χ4v) is 3.32. The highest BCUT2D eigenvalue weighted by atomic mass is 32.1. The molecule has 1 aliphatic rings. The zero-order valence-corrected chi connectivity index (χ0v) is 12.3. The second kappa shape index (κ2) is 6.85. The van der Waals surface area contributed by atoms with Crippen LogP contribution in [0.5, 0.6) is 0 Å². The molecular formula is C14H20N2O3S. The van der Waals surface area contributed by atoms with E-state index in [4.69, 9.17) is 0 Å². The summed E-state index contributed by atoms with van der Waals surface area (Å²) in [6, 6.07) is 2.04. The predicted molar refractivity (Wildman–Crippen MR) is 77.4 cm³/mol. The quantitative estimate of drug-likeness (QED) is 0.732. The lowest BCUT2D eigenvalue weighted by Gasteiger charge is -2.13. The van der Waals surface area contributed by atoms with E-state index in [1.54, 1.807) is 0 Å². The minimum atomic E-state index is -0.766. The smallest absolute Gasteiger partial charge is 0.309 e. The van der Waals surface area contributed by atoms with Gasteiger partial charge >= 0.3 is 11.8 Å². The van der Waals surface area contributed by atoms with Gasteiger partial charge in [-0.15, -0.1) is 11.3 Å². The number of aryl methyl sites for hydroxylation is 1. The zero-order valence-electron chi connectivity index (χ0n) is 11.5. The van der Waals surface area contributed by atoms with E-state index in [1.807, 2.05) is 18.4 Å². The van der Waals surface area contributed by atoms with Crippen molar-refractivity contribution < 1.29 is 14.7 Å². The van der Waals surface area contributed by atoms with Gasteiger partial charge in [0.05, 0.1) is 0 Å². The summed E-state index contributed by atoms with van der Waals surface area (Å²) in [4.78, 5) is 24.1. The molecular weight excluding hydrogens is 276 g/mol.